The molecule has 0 unspecified atom stereocenters. The van der Waals surface area contributed by atoms with Crippen LogP contribution in [0.4, 0.5) is 19.0 Å². The lowest BCUT2D eigenvalue weighted by Crippen LogP contribution is -2.18. The second-order valence-corrected chi connectivity index (χ2v) is 3.96. The predicted molar refractivity (Wildman–Crippen MR) is 66.2 cm³/mol. The largest absolute Gasteiger partial charge is 0.411 e. The quantitative estimate of drug-likeness (QED) is 0.778. The minimum atomic E-state index is -4.29. The maximum absolute atomic E-state index is 11.9. The first-order valence-corrected chi connectivity index (χ1v) is 6.19. The van der Waals surface area contributed by atoms with E-state index in [1.807, 2.05) is 19.9 Å². The molecule has 108 valence electrons. The molecule has 0 amide bonds. The molecular formula is C12H18F3N3O. The Bertz CT molecular complexity index is 396. The maximum Gasteiger partial charge on any atom is 0.411 e. The Kier molecular flexibility index (Phi) is 6.01. The van der Waals surface area contributed by atoms with Gasteiger partial charge in [-0.25, -0.2) is 9.97 Å². The van der Waals surface area contributed by atoms with E-state index in [1.54, 1.807) is 0 Å². The van der Waals surface area contributed by atoms with Gasteiger partial charge >= 0.3 is 6.18 Å². The van der Waals surface area contributed by atoms with Gasteiger partial charge in [-0.05, 0) is 13.3 Å². The highest BCUT2D eigenvalue weighted by Crippen LogP contribution is 2.14. The SMILES string of the molecule is CCNc1cc(CC)nc(CCOCC(F)(F)F)n1. The number of nitrogens with one attached hydrogen (secondary N) is 1. The molecular weight excluding hydrogens is 259 g/mol. The molecule has 19 heavy (non-hydrogen) atoms. The highest BCUT2D eigenvalue weighted by atomic mass is 19.4. The third kappa shape index (κ3) is 6.37. The Labute approximate surface area is 110 Å². The summed E-state index contributed by atoms with van der Waals surface area (Å²) in [6, 6.07) is 1.84. The first-order valence-electron chi connectivity index (χ1n) is 6.19. The Balaban J connectivity index is 2.54. The molecule has 1 N–H and O–H groups in total. The van der Waals surface area contributed by atoms with Gasteiger partial charge in [-0.1, -0.05) is 6.92 Å². The van der Waals surface area contributed by atoms with Crippen molar-refractivity contribution in [2.45, 2.75) is 32.9 Å². The average molecular weight is 277 g/mol. The summed E-state index contributed by atoms with van der Waals surface area (Å²) in [5.74, 6) is 1.19. The van der Waals surface area contributed by atoms with Gasteiger partial charge in [0, 0.05) is 24.7 Å². The Morgan fingerprint density at radius 2 is 2.00 bits per heavy atom. The van der Waals surface area contributed by atoms with Crippen LogP contribution in [0, 0.1) is 0 Å². The lowest BCUT2D eigenvalue weighted by molar-refractivity contribution is -0.173. The lowest BCUT2D eigenvalue weighted by atomic mass is 10.3. The topological polar surface area (TPSA) is 47.0 Å². The fourth-order valence-corrected chi connectivity index (χ4v) is 1.47. The third-order valence-electron chi connectivity index (χ3n) is 2.28. The van der Waals surface area contributed by atoms with Crippen LogP contribution in [0.15, 0.2) is 6.07 Å². The summed E-state index contributed by atoms with van der Waals surface area (Å²) in [7, 11) is 0. The van der Waals surface area contributed by atoms with Crippen molar-refractivity contribution in [3.8, 4) is 0 Å². The summed E-state index contributed by atoms with van der Waals surface area (Å²) < 4.78 is 40.2. The van der Waals surface area contributed by atoms with Crippen LogP contribution in [0.25, 0.3) is 0 Å². The molecule has 0 radical (unpaired) electrons. The molecule has 0 aliphatic rings. The van der Waals surface area contributed by atoms with Crippen LogP contribution < -0.4 is 5.32 Å². The molecule has 1 aromatic heterocycles. The summed E-state index contributed by atoms with van der Waals surface area (Å²) in [5, 5.41) is 3.07. The molecule has 1 rings (SSSR count). The zero-order chi connectivity index (χ0) is 14.3. The molecule has 0 atom stereocenters. The fraction of sp³-hybridized carbons (Fsp3) is 0.667. The molecule has 4 nitrogen and oxygen atoms in total. The van der Waals surface area contributed by atoms with Gasteiger partial charge < -0.3 is 10.1 Å². The molecule has 0 saturated heterocycles. The number of hydrogen-bond acceptors (Lipinski definition) is 4. The number of anilines is 1. The number of halogens is 3. The van der Waals surface area contributed by atoms with Crippen molar-refractivity contribution in [2.75, 3.05) is 25.1 Å². The third-order valence-corrected chi connectivity index (χ3v) is 2.28. The monoisotopic (exact) mass is 277 g/mol. The number of aryl methyl sites for hydroxylation is 1. The first kappa shape index (κ1) is 15.7. The van der Waals surface area contributed by atoms with Crippen molar-refractivity contribution in [3.05, 3.63) is 17.6 Å². The Morgan fingerprint density at radius 1 is 1.26 bits per heavy atom. The van der Waals surface area contributed by atoms with Gasteiger partial charge in [0.15, 0.2) is 0 Å². The second kappa shape index (κ2) is 7.28. The minimum absolute atomic E-state index is 0.0434. The number of ether oxygens (including phenoxy) is 1. The van der Waals surface area contributed by atoms with E-state index in [0.717, 1.165) is 18.7 Å². The van der Waals surface area contributed by atoms with Crippen molar-refractivity contribution in [3.63, 3.8) is 0 Å². The van der Waals surface area contributed by atoms with Gasteiger partial charge in [0.2, 0.25) is 0 Å². The molecule has 0 aliphatic carbocycles. The van der Waals surface area contributed by atoms with E-state index in [9.17, 15) is 13.2 Å². The summed E-state index contributed by atoms with van der Waals surface area (Å²) in [6.45, 7) is 3.35. The standard InChI is InChI=1S/C12H18F3N3O/c1-3-9-7-11(16-4-2)18-10(17-9)5-6-19-8-12(13,14)15/h7H,3-6,8H2,1-2H3,(H,16,17,18). The lowest BCUT2D eigenvalue weighted by Gasteiger charge is -2.09. The average Bonchev–Trinajstić information content (AvgIpc) is 2.34. The van der Waals surface area contributed by atoms with Crippen LogP contribution in [0.2, 0.25) is 0 Å². The summed E-state index contributed by atoms with van der Waals surface area (Å²) in [5.41, 5.74) is 0.858. The van der Waals surface area contributed by atoms with Crippen molar-refractivity contribution >= 4 is 5.82 Å². The van der Waals surface area contributed by atoms with Gasteiger partial charge in [0.1, 0.15) is 18.2 Å². The summed E-state index contributed by atoms with van der Waals surface area (Å²) in [4.78, 5) is 8.48. The molecule has 7 heteroatoms. The van der Waals surface area contributed by atoms with Crippen LogP contribution in [0.5, 0.6) is 0 Å². The molecule has 0 saturated carbocycles. The Morgan fingerprint density at radius 3 is 2.58 bits per heavy atom. The summed E-state index contributed by atoms with van der Waals surface area (Å²) >= 11 is 0. The maximum atomic E-state index is 11.9. The van der Waals surface area contributed by atoms with Crippen molar-refractivity contribution in [2.24, 2.45) is 0 Å². The van der Waals surface area contributed by atoms with Gasteiger partial charge in [-0.15, -0.1) is 0 Å². The van der Waals surface area contributed by atoms with E-state index in [-0.39, 0.29) is 13.0 Å². The zero-order valence-electron chi connectivity index (χ0n) is 11.0. The van der Waals surface area contributed by atoms with Gasteiger partial charge in [0.05, 0.1) is 6.61 Å². The van der Waals surface area contributed by atoms with Crippen molar-refractivity contribution < 1.29 is 17.9 Å². The van der Waals surface area contributed by atoms with E-state index < -0.39 is 12.8 Å². The number of nitrogens with zero attached hydrogens (tertiary/aromatic N) is 2. The predicted octanol–water partition coefficient (Wildman–Crippen LogP) is 2.59. The molecule has 0 aromatic carbocycles. The fourth-order valence-electron chi connectivity index (χ4n) is 1.47. The minimum Gasteiger partial charge on any atom is -0.372 e. The van der Waals surface area contributed by atoms with Crippen LogP contribution in [-0.4, -0.2) is 35.9 Å². The smallest absolute Gasteiger partial charge is 0.372 e. The van der Waals surface area contributed by atoms with Gasteiger partial charge in [-0.2, -0.15) is 13.2 Å². The van der Waals surface area contributed by atoms with Crippen molar-refractivity contribution in [1.82, 2.24) is 9.97 Å². The zero-order valence-corrected chi connectivity index (χ0v) is 11.0. The highest BCUT2D eigenvalue weighted by molar-refractivity contribution is 5.35. The molecule has 1 aromatic rings. The molecule has 1 heterocycles. The van der Waals surface area contributed by atoms with Crippen LogP contribution >= 0.6 is 0 Å². The van der Waals surface area contributed by atoms with E-state index in [4.69, 9.17) is 0 Å². The van der Waals surface area contributed by atoms with Gasteiger partial charge in [0.25, 0.3) is 0 Å². The van der Waals surface area contributed by atoms with Crippen LogP contribution in [0.1, 0.15) is 25.4 Å². The Hall–Kier alpha value is -1.37. The van der Waals surface area contributed by atoms with E-state index in [1.165, 1.54) is 0 Å². The number of aromatic nitrogens is 2. The number of hydrogen-bond donors (Lipinski definition) is 1. The summed E-state index contributed by atoms with van der Waals surface area (Å²) in [6.07, 6.45) is -3.28. The highest BCUT2D eigenvalue weighted by Gasteiger charge is 2.27. The second-order valence-electron chi connectivity index (χ2n) is 3.96. The number of alkyl halides is 3. The van der Waals surface area contributed by atoms with E-state index in [2.05, 4.69) is 20.0 Å². The molecule has 0 aliphatic heterocycles. The van der Waals surface area contributed by atoms with Crippen LogP contribution in [-0.2, 0) is 17.6 Å². The van der Waals surface area contributed by atoms with Gasteiger partial charge in [-0.3, -0.25) is 0 Å². The molecule has 0 bridgehead atoms. The molecule has 0 spiro atoms. The first-order chi connectivity index (χ1) is 8.94. The van der Waals surface area contributed by atoms with E-state index in [0.29, 0.717) is 11.6 Å². The molecule has 0 fully saturated rings. The van der Waals surface area contributed by atoms with Crippen molar-refractivity contribution in [1.29, 1.82) is 0 Å². The number of rotatable bonds is 7. The normalized spacial score (nSPS) is 11.6. The van der Waals surface area contributed by atoms with E-state index >= 15 is 0 Å². The van der Waals surface area contributed by atoms with Crippen LogP contribution in [0.3, 0.4) is 0 Å².